The number of nitrogens with one attached hydrogen (secondary N) is 1. The first kappa shape index (κ1) is 17.3. The minimum atomic E-state index is 0.206. The molecule has 132 valence electrons. The quantitative estimate of drug-likeness (QED) is 0.922. The van der Waals surface area contributed by atoms with Crippen LogP contribution in [-0.2, 0) is 4.79 Å². The largest absolute Gasteiger partial charge is 0.366 e. The van der Waals surface area contributed by atoms with Crippen LogP contribution < -0.4 is 10.2 Å². The summed E-state index contributed by atoms with van der Waals surface area (Å²) in [6.07, 6.45) is 6.16. The van der Waals surface area contributed by atoms with E-state index in [-0.39, 0.29) is 5.91 Å². The summed E-state index contributed by atoms with van der Waals surface area (Å²) in [4.78, 5) is 17.1. The Labute approximate surface area is 146 Å². The molecule has 0 unspecified atom stereocenters. The number of benzene rings is 1. The van der Waals surface area contributed by atoms with Crippen LogP contribution in [0, 0.1) is 6.92 Å². The number of anilines is 1. The fourth-order valence-corrected chi connectivity index (χ4v) is 4.02. The molecule has 1 atom stereocenters. The van der Waals surface area contributed by atoms with Crippen LogP contribution in [0.5, 0.6) is 0 Å². The molecular formula is C20H31N3O. The second-order valence-electron chi connectivity index (χ2n) is 7.52. The Hall–Kier alpha value is -1.55. The number of carbonyl (C=O) groups is 1. The van der Waals surface area contributed by atoms with E-state index in [9.17, 15) is 4.79 Å². The molecule has 1 amide bonds. The molecule has 24 heavy (non-hydrogen) atoms. The van der Waals surface area contributed by atoms with Crippen molar-refractivity contribution in [2.24, 2.45) is 0 Å². The van der Waals surface area contributed by atoms with E-state index >= 15 is 0 Å². The molecule has 1 saturated heterocycles. The van der Waals surface area contributed by atoms with E-state index in [1.54, 1.807) is 0 Å². The summed E-state index contributed by atoms with van der Waals surface area (Å²) in [6, 6.07) is 9.61. The summed E-state index contributed by atoms with van der Waals surface area (Å²) in [5.74, 6) is 0.206. The zero-order valence-corrected chi connectivity index (χ0v) is 15.1. The van der Waals surface area contributed by atoms with Crippen LogP contribution in [0.15, 0.2) is 24.3 Å². The monoisotopic (exact) mass is 329 g/mol. The molecule has 1 N–H and O–H groups in total. The van der Waals surface area contributed by atoms with Gasteiger partial charge in [-0.05, 0) is 38.8 Å². The highest BCUT2D eigenvalue weighted by Crippen LogP contribution is 2.21. The number of aryl methyl sites for hydroxylation is 1. The van der Waals surface area contributed by atoms with Gasteiger partial charge in [0, 0.05) is 37.4 Å². The van der Waals surface area contributed by atoms with Crippen molar-refractivity contribution >= 4 is 11.6 Å². The van der Waals surface area contributed by atoms with Gasteiger partial charge in [0.05, 0.1) is 6.54 Å². The first-order valence-electron chi connectivity index (χ1n) is 9.47. The molecule has 3 rings (SSSR count). The average Bonchev–Trinajstić information content (AvgIpc) is 2.57. The maximum absolute atomic E-state index is 12.3. The van der Waals surface area contributed by atoms with Crippen molar-refractivity contribution < 1.29 is 4.79 Å². The van der Waals surface area contributed by atoms with Gasteiger partial charge < -0.3 is 10.2 Å². The summed E-state index contributed by atoms with van der Waals surface area (Å²) in [5, 5.41) is 3.24. The third kappa shape index (κ3) is 4.50. The van der Waals surface area contributed by atoms with Gasteiger partial charge in [0.2, 0.25) is 5.91 Å². The zero-order chi connectivity index (χ0) is 16.9. The van der Waals surface area contributed by atoms with E-state index in [0.29, 0.717) is 18.6 Å². The van der Waals surface area contributed by atoms with Crippen LogP contribution in [0.4, 0.5) is 5.69 Å². The topological polar surface area (TPSA) is 35.6 Å². The van der Waals surface area contributed by atoms with Gasteiger partial charge in [-0.3, -0.25) is 9.69 Å². The molecule has 0 aromatic heterocycles. The highest BCUT2D eigenvalue weighted by atomic mass is 16.2. The molecule has 4 nitrogen and oxygen atoms in total. The fraction of sp³-hybridized carbons (Fsp3) is 0.650. The van der Waals surface area contributed by atoms with Crippen LogP contribution in [0.25, 0.3) is 0 Å². The van der Waals surface area contributed by atoms with Crippen molar-refractivity contribution in [3.8, 4) is 0 Å². The summed E-state index contributed by atoms with van der Waals surface area (Å²) in [5.41, 5.74) is 2.59. The Kier molecular flexibility index (Phi) is 5.77. The Balaban J connectivity index is 1.48. The lowest BCUT2D eigenvalue weighted by Gasteiger charge is -2.41. The van der Waals surface area contributed by atoms with Gasteiger partial charge in [-0.2, -0.15) is 0 Å². The van der Waals surface area contributed by atoms with Crippen molar-refractivity contribution in [2.45, 2.75) is 58.0 Å². The van der Waals surface area contributed by atoms with Gasteiger partial charge in [0.25, 0.3) is 0 Å². The summed E-state index contributed by atoms with van der Waals surface area (Å²) < 4.78 is 0. The predicted molar refractivity (Wildman–Crippen MR) is 99.4 cm³/mol. The second kappa shape index (κ2) is 8.02. The maximum atomic E-state index is 12.3. The lowest BCUT2D eigenvalue weighted by molar-refractivity contribution is -0.123. The van der Waals surface area contributed by atoms with E-state index in [4.69, 9.17) is 0 Å². The Morgan fingerprint density at radius 3 is 2.50 bits per heavy atom. The standard InChI is InChI=1S/C20H31N3O/c1-16-8-10-19(11-9-16)23-13-12-22(14-17(23)2)15-20(24)21-18-6-4-3-5-7-18/h8-11,17-18H,3-7,12-15H2,1-2H3,(H,21,24)/t17-/m1/s1. The highest BCUT2D eigenvalue weighted by molar-refractivity contribution is 5.78. The average molecular weight is 329 g/mol. The predicted octanol–water partition coefficient (Wildman–Crippen LogP) is 2.95. The molecule has 2 fully saturated rings. The summed E-state index contributed by atoms with van der Waals surface area (Å²) in [6.45, 7) is 7.81. The minimum absolute atomic E-state index is 0.206. The van der Waals surface area contributed by atoms with Gasteiger partial charge >= 0.3 is 0 Å². The zero-order valence-electron chi connectivity index (χ0n) is 15.1. The van der Waals surface area contributed by atoms with Crippen molar-refractivity contribution in [3.05, 3.63) is 29.8 Å². The SMILES string of the molecule is Cc1ccc(N2CCN(CC(=O)NC3CCCCC3)C[C@H]2C)cc1. The summed E-state index contributed by atoms with van der Waals surface area (Å²) in [7, 11) is 0. The van der Waals surface area contributed by atoms with Crippen molar-refractivity contribution in [2.75, 3.05) is 31.1 Å². The number of amides is 1. The molecule has 1 aromatic rings. The Bertz CT molecular complexity index is 536. The Morgan fingerprint density at radius 1 is 1.12 bits per heavy atom. The van der Waals surface area contributed by atoms with Gasteiger partial charge in [-0.15, -0.1) is 0 Å². The number of rotatable bonds is 4. The first-order valence-corrected chi connectivity index (χ1v) is 9.47. The first-order chi connectivity index (χ1) is 11.6. The highest BCUT2D eigenvalue weighted by Gasteiger charge is 2.25. The maximum Gasteiger partial charge on any atom is 0.234 e. The lowest BCUT2D eigenvalue weighted by atomic mass is 9.95. The van der Waals surface area contributed by atoms with Crippen LogP contribution in [0.2, 0.25) is 0 Å². The van der Waals surface area contributed by atoms with Crippen LogP contribution >= 0.6 is 0 Å². The molecule has 1 aliphatic heterocycles. The minimum Gasteiger partial charge on any atom is -0.366 e. The van der Waals surface area contributed by atoms with Gasteiger partial charge in [-0.25, -0.2) is 0 Å². The number of carbonyl (C=O) groups excluding carboxylic acids is 1. The van der Waals surface area contributed by atoms with E-state index in [0.717, 1.165) is 32.5 Å². The van der Waals surface area contributed by atoms with Crippen LogP contribution in [0.1, 0.15) is 44.6 Å². The number of nitrogens with zero attached hydrogens (tertiary/aromatic N) is 2. The van der Waals surface area contributed by atoms with Crippen molar-refractivity contribution in [3.63, 3.8) is 0 Å². The van der Waals surface area contributed by atoms with Crippen LogP contribution in [0.3, 0.4) is 0 Å². The fourth-order valence-electron chi connectivity index (χ4n) is 4.02. The van der Waals surface area contributed by atoms with Gasteiger partial charge in [-0.1, -0.05) is 37.0 Å². The molecule has 1 aromatic carbocycles. The van der Waals surface area contributed by atoms with Crippen LogP contribution in [-0.4, -0.2) is 49.1 Å². The molecule has 0 spiro atoms. The second-order valence-corrected chi connectivity index (χ2v) is 7.52. The van der Waals surface area contributed by atoms with E-state index in [1.165, 1.54) is 30.5 Å². The number of hydrogen-bond donors (Lipinski definition) is 1. The number of hydrogen-bond acceptors (Lipinski definition) is 3. The van der Waals surface area contributed by atoms with Crippen molar-refractivity contribution in [1.29, 1.82) is 0 Å². The molecular weight excluding hydrogens is 298 g/mol. The molecule has 1 aliphatic carbocycles. The molecule has 0 radical (unpaired) electrons. The lowest BCUT2D eigenvalue weighted by Crippen LogP contribution is -2.54. The van der Waals surface area contributed by atoms with Gasteiger partial charge in [0.15, 0.2) is 0 Å². The molecule has 2 aliphatic rings. The third-order valence-corrected chi connectivity index (χ3v) is 5.41. The van der Waals surface area contributed by atoms with E-state index < -0.39 is 0 Å². The van der Waals surface area contributed by atoms with Crippen molar-refractivity contribution in [1.82, 2.24) is 10.2 Å². The molecule has 1 heterocycles. The molecule has 4 heteroatoms. The van der Waals surface area contributed by atoms with Gasteiger partial charge in [0.1, 0.15) is 0 Å². The Morgan fingerprint density at radius 2 is 1.83 bits per heavy atom. The smallest absolute Gasteiger partial charge is 0.234 e. The van der Waals surface area contributed by atoms with E-state index in [1.807, 2.05) is 0 Å². The summed E-state index contributed by atoms with van der Waals surface area (Å²) >= 11 is 0. The number of piperazine rings is 1. The third-order valence-electron chi connectivity index (χ3n) is 5.41. The molecule has 0 bridgehead atoms. The van der Waals surface area contributed by atoms with E-state index in [2.05, 4.69) is 53.2 Å². The molecule has 1 saturated carbocycles. The normalized spacial score (nSPS) is 23.2.